The lowest BCUT2D eigenvalue weighted by molar-refractivity contribution is -0.137. The number of aldehydes is 1. The largest absolute Gasteiger partial charge is 0.416 e. The lowest BCUT2D eigenvalue weighted by Gasteiger charge is -2.06. The lowest BCUT2D eigenvalue weighted by Crippen LogP contribution is -2.04. The molecule has 0 bridgehead atoms. The van der Waals surface area contributed by atoms with E-state index in [4.69, 9.17) is 0 Å². The molecule has 0 N–H and O–H groups in total. The first-order valence-electron chi connectivity index (χ1n) is 5.28. The van der Waals surface area contributed by atoms with Crippen LogP contribution in [0.25, 0.3) is 6.08 Å². The molecule has 4 heteroatoms. The molecule has 0 radical (unpaired) electrons. The van der Waals surface area contributed by atoms with Crippen LogP contribution in [0.4, 0.5) is 13.2 Å². The number of hydrogen-bond acceptors (Lipinski definition) is 1. The molecular weight excluding hydrogens is 229 g/mol. The van der Waals surface area contributed by atoms with Gasteiger partial charge in [-0.25, -0.2) is 0 Å². The van der Waals surface area contributed by atoms with Crippen LogP contribution in [-0.4, -0.2) is 6.29 Å². The predicted molar refractivity (Wildman–Crippen MR) is 58.2 cm³/mol. The standard InChI is InChI=1S/C13H11F3O/c14-13(15,16)11-3-1-10(2-4-11)5-6-12(9-17)7-8-12/h1-6,9H,7-8H2. The van der Waals surface area contributed by atoms with Crippen LogP contribution >= 0.6 is 0 Å². The molecule has 0 atom stereocenters. The maximum absolute atomic E-state index is 12.3. The minimum atomic E-state index is -4.30. The van der Waals surface area contributed by atoms with E-state index in [1.165, 1.54) is 12.1 Å². The van der Waals surface area contributed by atoms with Crippen LogP contribution in [0.3, 0.4) is 0 Å². The maximum Gasteiger partial charge on any atom is 0.416 e. The average molecular weight is 240 g/mol. The Bertz CT molecular complexity index is 439. The fourth-order valence-corrected chi connectivity index (χ4v) is 1.51. The molecule has 17 heavy (non-hydrogen) atoms. The van der Waals surface area contributed by atoms with E-state index in [9.17, 15) is 18.0 Å². The van der Waals surface area contributed by atoms with E-state index in [0.29, 0.717) is 5.56 Å². The van der Waals surface area contributed by atoms with Gasteiger partial charge in [0.1, 0.15) is 6.29 Å². The van der Waals surface area contributed by atoms with Gasteiger partial charge < -0.3 is 4.79 Å². The van der Waals surface area contributed by atoms with Crippen LogP contribution in [0.1, 0.15) is 24.0 Å². The van der Waals surface area contributed by atoms with E-state index >= 15 is 0 Å². The molecule has 0 saturated heterocycles. The van der Waals surface area contributed by atoms with Crippen molar-refractivity contribution < 1.29 is 18.0 Å². The molecule has 1 aromatic carbocycles. The zero-order valence-electron chi connectivity index (χ0n) is 9.00. The molecule has 0 unspecified atom stereocenters. The number of benzene rings is 1. The Kier molecular flexibility index (Phi) is 2.81. The van der Waals surface area contributed by atoms with Gasteiger partial charge in [-0.05, 0) is 30.5 Å². The van der Waals surface area contributed by atoms with Crippen molar-refractivity contribution in [3.05, 3.63) is 41.5 Å². The molecule has 1 aliphatic rings. The fraction of sp³-hybridized carbons (Fsp3) is 0.308. The molecule has 0 aromatic heterocycles. The van der Waals surface area contributed by atoms with Crippen molar-refractivity contribution in [3.63, 3.8) is 0 Å². The second-order valence-electron chi connectivity index (χ2n) is 4.30. The van der Waals surface area contributed by atoms with Crippen molar-refractivity contribution in [2.24, 2.45) is 5.41 Å². The molecule has 2 rings (SSSR count). The summed E-state index contributed by atoms with van der Waals surface area (Å²) in [6, 6.07) is 4.89. The number of carbonyl (C=O) groups is 1. The number of rotatable bonds is 3. The molecule has 0 spiro atoms. The first-order valence-corrected chi connectivity index (χ1v) is 5.28. The van der Waals surface area contributed by atoms with Crippen LogP contribution in [0, 0.1) is 5.41 Å². The van der Waals surface area contributed by atoms with Gasteiger partial charge in [-0.3, -0.25) is 0 Å². The van der Waals surface area contributed by atoms with Crippen LogP contribution in [0.2, 0.25) is 0 Å². The van der Waals surface area contributed by atoms with Gasteiger partial charge in [0, 0.05) is 5.41 Å². The highest BCUT2D eigenvalue weighted by Gasteiger charge is 2.39. The zero-order chi connectivity index (χ0) is 12.5. The minimum absolute atomic E-state index is 0.358. The summed E-state index contributed by atoms with van der Waals surface area (Å²) in [5, 5.41) is 0. The van der Waals surface area contributed by atoms with Crippen LogP contribution in [0.15, 0.2) is 30.3 Å². The Hall–Kier alpha value is -1.58. The summed E-state index contributed by atoms with van der Waals surface area (Å²) in [6.07, 6.45) is 1.71. The number of carbonyl (C=O) groups excluding carboxylic acids is 1. The number of alkyl halides is 3. The van der Waals surface area contributed by atoms with Gasteiger partial charge in [0.25, 0.3) is 0 Å². The van der Waals surface area contributed by atoms with E-state index in [1.807, 2.05) is 0 Å². The average Bonchev–Trinajstić information content (AvgIpc) is 3.06. The summed E-state index contributed by atoms with van der Waals surface area (Å²) >= 11 is 0. The normalized spacial score (nSPS) is 18.3. The van der Waals surface area contributed by atoms with E-state index in [0.717, 1.165) is 31.3 Å². The van der Waals surface area contributed by atoms with Gasteiger partial charge in [0.15, 0.2) is 0 Å². The summed E-state index contributed by atoms with van der Waals surface area (Å²) in [5.74, 6) is 0. The Morgan fingerprint density at radius 3 is 2.12 bits per heavy atom. The lowest BCUT2D eigenvalue weighted by atomic mass is 10.1. The number of halogens is 3. The van der Waals surface area contributed by atoms with Crippen molar-refractivity contribution >= 4 is 12.4 Å². The Morgan fingerprint density at radius 2 is 1.71 bits per heavy atom. The molecule has 1 saturated carbocycles. The SMILES string of the molecule is O=CC1(C=Cc2ccc(C(F)(F)F)cc2)CC1. The molecular formula is C13H11F3O. The Morgan fingerprint density at radius 1 is 1.12 bits per heavy atom. The van der Waals surface area contributed by atoms with Crippen molar-refractivity contribution in [2.75, 3.05) is 0 Å². The smallest absolute Gasteiger partial charge is 0.302 e. The van der Waals surface area contributed by atoms with E-state index in [1.54, 1.807) is 12.2 Å². The molecule has 1 nitrogen and oxygen atoms in total. The quantitative estimate of drug-likeness (QED) is 0.736. The Balaban J connectivity index is 2.11. The number of hydrogen-bond donors (Lipinski definition) is 0. The zero-order valence-corrected chi connectivity index (χ0v) is 9.00. The third kappa shape index (κ3) is 2.75. The highest BCUT2D eigenvalue weighted by molar-refractivity contribution is 5.70. The van der Waals surface area contributed by atoms with Crippen LogP contribution < -0.4 is 0 Å². The van der Waals surface area contributed by atoms with E-state index < -0.39 is 11.7 Å². The summed E-state index contributed by atoms with van der Waals surface area (Å²) < 4.78 is 36.9. The molecule has 90 valence electrons. The van der Waals surface area contributed by atoms with Gasteiger partial charge in [-0.15, -0.1) is 0 Å². The summed E-state index contributed by atoms with van der Waals surface area (Å²) in [5.41, 5.74) is -0.347. The monoisotopic (exact) mass is 240 g/mol. The Labute approximate surface area is 96.9 Å². The molecule has 0 amide bonds. The van der Waals surface area contributed by atoms with E-state index in [2.05, 4.69) is 0 Å². The number of allylic oxidation sites excluding steroid dienone is 1. The molecule has 0 aliphatic heterocycles. The first-order chi connectivity index (χ1) is 7.95. The predicted octanol–water partition coefficient (Wildman–Crippen LogP) is 3.70. The second kappa shape index (κ2) is 4.02. The van der Waals surface area contributed by atoms with Crippen molar-refractivity contribution in [2.45, 2.75) is 19.0 Å². The third-order valence-electron chi connectivity index (χ3n) is 2.91. The minimum Gasteiger partial charge on any atom is -0.302 e. The summed E-state index contributed by atoms with van der Waals surface area (Å²) in [7, 11) is 0. The summed E-state index contributed by atoms with van der Waals surface area (Å²) in [6.45, 7) is 0. The molecule has 1 aliphatic carbocycles. The summed E-state index contributed by atoms with van der Waals surface area (Å²) in [4.78, 5) is 10.7. The maximum atomic E-state index is 12.3. The van der Waals surface area contributed by atoms with Crippen molar-refractivity contribution in [3.8, 4) is 0 Å². The van der Waals surface area contributed by atoms with Gasteiger partial charge in [-0.2, -0.15) is 13.2 Å². The highest BCUT2D eigenvalue weighted by Crippen LogP contribution is 2.45. The first kappa shape index (κ1) is 11.9. The topological polar surface area (TPSA) is 17.1 Å². The second-order valence-corrected chi connectivity index (χ2v) is 4.30. The van der Waals surface area contributed by atoms with Crippen molar-refractivity contribution in [1.29, 1.82) is 0 Å². The van der Waals surface area contributed by atoms with Gasteiger partial charge in [0.05, 0.1) is 5.56 Å². The van der Waals surface area contributed by atoms with Gasteiger partial charge >= 0.3 is 6.18 Å². The van der Waals surface area contributed by atoms with Crippen LogP contribution in [-0.2, 0) is 11.0 Å². The highest BCUT2D eigenvalue weighted by atomic mass is 19.4. The molecule has 1 aromatic rings. The van der Waals surface area contributed by atoms with Crippen LogP contribution in [0.5, 0.6) is 0 Å². The third-order valence-corrected chi connectivity index (χ3v) is 2.91. The van der Waals surface area contributed by atoms with E-state index in [-0.39, 0.29) is 5.41 Å². The van der Waals surface area contributed by atoms with Crippen molar-refractivity contribution in [1.82, 2.24) is 0 Å². The fourth-order valence-electron chi connectivity index (χ4n) is 1.51. The van der Waals surface area contributed by atoms with Gasteiger partial charge in [0.2, 0.25) is 0 Å². The molecule has 1 fully saturated rings. The molecule has 0 heterocycles. The van der Waals surface area contributed by atoms with Gasteiger partial charge in [-0.1, -0.05) is 24.3 Å².